The van der Waals surface area contributed by atoms with Crippen LogP contribution < -0.4 is 4.74 Å². The molecule has 0 aliphatic carbocycles. The number of benzene rings is 1. The lowest BCUT2D eigenvalue weighted by atomic mass is 10.0. The molecule has 1 aliphatic rings. The van der Waals surface area contributed by atoms with Gasteiger partial charge in [-0.25, -0.2) is 0 Å². The van der Waals surface area contributed by atoms with Gasteiger partial charge in [-0.05, 0) is 37.0 Å². The second-order valence-corrected chi connectivity index (χ2v) is 5.22. The summed E-state index contributed by atoms with van der Waals surface area (Å²) in [6.07, 6.45) is 2.23. The molecule has 2 rings (SSSR count). The van der Waals surface area contributed by atoms with Crippen molar-refractivity contribution in [3.8, 4) is 11.8 Å². The van der Waals surface area contributed by atoms with Crippen LogP contribution in [0.5, 0.6) is 5.75 Å². The molecule has 1 saturated heterocycles. The standard InChI is InChI=1S/C16H22N2O2/c1-2-10-20-15-5-3-4-13(11-15)16(12-17)18-8-6-14(19)7-9-18/h3-5,11,14,16,19H,2,6-10H2,1H3. The summed E-state index contributed by atoms with van der Waals surface area (Å²) in [7, 11) is 0. The molecule has 0 saturated carbocycles. The van der Waals surface area contributed by atoms with Gasteiger partial charge in [0.25, 0.3) is 0 Å². The molecule has 1 aromatic rings. The molecule has 0 spiro atoms. The van der Waals surface area contributed by atoms with E-state index in [1.165, 1.54) is 0 Å². The van der Waals surface area contributed by atoms with Gasteiger partial charge in [-0.15, -0.1) is 0 Å². The molecule has 0 bridgehead atoms. The molecular formula is C16H22N2O2. The summed E-state index contributed by atoms with van der Waals surface area (Å²) in [4.78, 5) is 2.13. The molecule has 20 heavy (non-hydrogen) atoms. The fourth-order valence-electron chi connectivity index (χ4n) is 2.51. The zero-order valence-corrected chi connectivity index (χ0v) is 12.0. The van der Waals surface area contributed by atoms with Crippen molar-refractivity contribution in [2.75, 3.05) is 19.7 Å². The Balaban J connectivity index is 2.09. The average Bonchev–Trinajstić information content (AvgIpc) is 2.48. The highest BCUT2D eigenvalue weighted by atomic mass is 16.5. The first-order valence-corrected chi connectivity index (χ1v) is 7.29. The first-order valence-electron chi connectivity index (χ1n) is 7.29. The van der Waals surface area contributed by atoms with Gasteiger partial charge in [0.15, 0.2) is 0 Å². The molecule has 1 atom stereocenters. The summed E-state index contributed by atoms with van der Waals surface area (Å²) in [5.41, 5.74) is 0.970. The minimum Gasteiger partial charge on any atom is -0.494 e. The Morgan fingerprint density at radius 2 is 2.20 bits per heavy atom. The van der Waals surface area contributed by atoms with Gasteiger partial charge in [0.2, 0.25) is 0 Å². The van der Waals surface area contributed by atoms with Gasteiger partial charge in [0.05, 0.1) is 18.8 Å². The van der Waals surface area contributed by atoms with Crippen molar-refractivity contribution in [3.05, 3.63) is 29.8 Å². The molecular weight excluding hydrogens is 252 g/mol. The lowest BCUT2D eigenvalue weighted by Gasteiger charge is -2.33. The average molecular weight is 274 g/mol. The molecule has 1 N–H and O–H groups in total. The number of aliphatic hydroxyl groups is 1. The summed E-state index contributed by atoms with van der Waals surface area (Å²) in [5.74, 6) is 0.821. The number of piperidine rings is 1. The summed E-state index contributed by atoms with van der Waals surface area (Å²) in [5, 5.41) is 19.0. The highest BCUT2D eigenvalue weighted by Crippen LogP contribution is 2.26. The lowest BCUT2D eigenvalue weighted by molar-refractivity contribution is 0.0716. The van der Waals surface area contributed by atoms with Gasteiger partial charge in [-0.3, -0.25) is 4.90 Å². The molecule has 0 amide bonds. The third-order valence-corrected chi connectivity index (χ3v) is 3.63. The van der Waals surface area contributed by atoms with Crippen LogP contribution in [0.2, 0.25) is 0 Å². The Hall–Kier alpha value is -1.57. The smallest absolute Gasteiger partial charge is 0.123 e. The molecule has 4 heteroatoms. The molecule has 1 aromatic carbocycles. The fourth-order valence-corrected chi connectivity index (χ4v) is 2.51. The van der Waals surface area contributed by atoms with E-state index < -0.39 is 0 Å². The van der Waals surface area contributed by atoms with Crippen molar-refractivity contribution in [3.63, 3.8) is 0 Å². The number of rotatable bonds is 5. The van der Waals surface area contributed by atoms with Crippen LogP contribution in [0.4, 0.5) is 0 Å². The van der Waals surface area contributed by atoms with Gasteiger partial charge in [-0.2, -0.15) is 5.26 Å². The van der Waals surface area contributed by atoms with E-state index in [2.05, 4.69) is 17.9 Å². The summed E-state index contributed by atoms with van der Waals surface area (Å²) in [6, 6.07) is 9.90. The Bertz CT molecular complexity index is 462. The third-order valence-electron chi connectivity index (χ3n) is 3.63. The number of hydrogen-bond donors (Lipinski definition) is 1. The molecule has 1 heterocycles. The minimum atomic E-state index is -0.257. The Labute approximate surface area is 120 Å². The van der Waals surface area contributed by atoms with Crippen LogP contribution in [0, 0.1) is 11.3 Å². The van der Waals surface area contributed by atoms with Crippen LogP contribution in [-0.4, -0.2) is 35.8 Å². The Morgan fingerprint density at radius 1 is 1.45 bits per heavy atom. The monoisotopic (exact) mass is 274 g/mol. The van der Waals surface area contributed by atoms with Gasteiger partial charge >= 0.3 is 0 Å². The van der Waals surface area contributed by atoms with E-state index in [-0.39, 0.29) is 12.1 Å². The number of nitriles is 1. The summed E-state index contributed by atoms with van der Waals surface area (Å²) in [6.45, 7) is 4.29. The van der Waals surface area contributed by atoms with E-state index in [1.54, 1.807) is 0 Å². The van der Waals surface area contributed by atoms with Gasteiger partial charge in [0.1, 0.15) is 11.8 Å². The highest BCUT2D eigenvalue weighted by molar-refractivity contribution is 5.33. The van der Waals surface area contributed by atoms with E-state index >= 15 is 0 Å². The van der Waals surface area contributed by atoms with Crippen molar-refractivity contribution in [1.29, 1.82) is 5.26 Å². The Morgan fingerprint density at radius 3 is 2.85 bits per heavy atom. The molecule has 4 nitrogen and oxygen atoms in total. The predicted molar refractivity (Wildman–Crippen MR) is 77.4 cm³/mol. The first kappa shape index (κ1) is 14.8. The molecule has 0 aromatic heterocycles. The zero-order valence-electron chi connectivity index (χ0n) is 12.0. The van der Waals surface area contributed by atoms with Crippen LogP contribution in [-0.2, 0) is 0 Å². The topological polar surface area (TPSA) is 56.5 Å². The van der Waals surface area contributed by atoms with Crippen LogP contribution in [0.25, 0.3) is 0 Å². The normalized spacial score (nSPS) is 18.4. The molecule has 1 aliphatic heterocycles. The molecule has 0 radical (unpaired) electrons. The molecule has 1 unspecified atom stereocenters. The number of aliphatic hydroxyl groups excluding tert-OH is 1. The van der Waals surface area contributed by atoms with E-state index in [4.69, 9.17) is 4.74 Å². The van der Waals surface area contributed by atoms with Crippen LogP contribution in [0.1, 0.15) is 37.8 Å². The zero-order chi connectivity index (χ0) is 14.4. The third kappa shape index (κ3) is 3.72. The maximum absolute atomic E-state index is 9.56. The first-order chi connectivity index (χ1) is 9.74. The number of hydrogen-bond acceptors (Lipinski definition) is 4. The van der Waals surface area contributed by atoms with Gasteiger partial charge in [0, 0.05) is 13.1 Å². The predicted octanol–water partition coefficient (Wildman–Crippen LogP) is 2.50. The lowest BCUT2D eigenvalue weighted by Crippen LogP contribution is -2.38. The number of ether oxygens (including phenoxy) is 1. The summed E-state index contributed by atoms with van der Waals surface area (Å²) >= 11 is 0. The van der Waals surface area contributed by atoms with Crippen molar-refractivity contribution in [2.45, 2.75) is 38.3 Å². The minimum absolute atomic E-state index is 0.218. The molecule has 1 fully saturated rings. The Kier molecular flexibility index (Phi) is 5.40. The van der Waals surface area contributed by atoms with Crippen LogP contribution in [0.3, 0.4) is 0 Å². The van der Waals surface area contributed by atoms with Gasteiger partial charge in [-0.1, -0.05) is 19.1 Å². The van der Waals surface area contributed by atoms with Crippen LogP contribution in [0.15, 0.2) is 24.3 Å². The number of nitrogens with zero attached hydrogens (tertiary/aromatic N) is 2. The maximum Gasteiger partial charge on any atom is 0.123 e. The van der Waals surface area contributed by atoms with Crippen molar-refractivity contribution >= 4 is 0 Å². The SMILES string of the molecule is CCCOc1cccc(C(C#N)N2CCC(O)CC2)c1. The van der Waals surface area contributed by atoms with E-state index in [0.29, 0.717) is 6.61 Å². The van der Waals surface area contributed by atoms with Crippen molar-refractivity contribution in [1.82, 2.24) is 4.90 Å². The van der Waals surface area contributed by atoms with E-state index in [9.17, 15) is 10.4 Å². The van der Waals surface area contributed by atoms with E-state index in [1.807, 2.05) is 24.3 Å². The van der Waals surface area contributed by atoms with Crippen LogP contribution >= 0.6 is 0 Å². The summed E-state index contributed by atoms with van der Waals surface area (Å²) < 4.78 is 5.63. The second-order valence-electron chi connectivity index (χ2n) is 5.22. The second kappa shape index (κ2) is 7.28. The van der Waals surface area contributed by atoms with Crippen molar-refractivity contribution < 1.29 is 9.84 Å². The van der Waals surface area contributed by atoms with Crippen molar-refractivity contribution in [2.24, 2.45) is 0 Å². The fraction of sp³-hybridized carbons (Fsp3) is 0.562. The molecule has 108 valence electrons. The quantitative estimate of drug-likeness (QED) is 0.896. The number of likely N-dealkylation sites (tertiary alicyclic amines) is 1. The van der Waals surface area contributed by atoms with Gasteiger partial charge < -0.3 is 9.84 Å². The van der Waals surface area contributed by atoms with E-state index in [0.717, 1.165) is 43.7 Å². The maximum atomic E-state index is 9.56. The highest BCUT2D eigenvalue weighted by Gasteiger charge is 2.25. The largest absolute Gasteiger partial charge is 0.494 e.